The van der Waals surface area contributed by atoms with Gasteiger partial charge in [0.2, 0.25) is 0 Å². The number of rotatable bonds is 8. The Balaban J connectivity index is 1.60. The quantitative estimate of drug-likeness (QED) is 0.148. The second-order valence-electron chi connectivity index (χ2n) is 7.35. The second-order valence-corrected chi connectivity index (χ2v) is 9.54. The lowest BCUT2D eigenvalue weighted by atomic mass is 10.2. The maximum Gasteiger partial charge on any atom is 0.270 e. The average molecular weight is 567 g/mol. The number of hydrogen-bond donors (Lipinski definition) is 1. The molecular weight excluding hydrogens is 552 g/mol. The van der Waals surface area contributed by atoms with Crippen LogP contribution in [0.15, 0.2) is 65.8 Å². The molecule has 0 saturated carbocycles. The molecule has 184 valence electrons. The van der Waals surface area contributed by atoms with E-state index in [0.717, 1.165) is 11.6 Å². The minimum Gasteiger partial charge on any atom is -0.345 e. The molecule has 0 aliphatic carbocycles. The minimum absolute atomic E-state index is 0.0564. The third kappa shape index (κ3) is 5.96. The minimum atomic E-state index is -0.601. The van der Waals surface area contributed by atoms with E-state index in [1.807, 2.05) is 0 Å². The first-order valence-corrected chi connectivity index (χ1v) is 12.3. The first kappa shape index (κ1) is 25.9. The molecule has 36 heavy (non-hydrogen) atoms. The molecule has 0 spiro atoms. The summed E-state index contributed by atoms with van der Waals surface area (Å²) in [6, 6.07) is 14.6. The van der Waals surface area contributed by atoms with Gasteiger partial charge in [-0.1, -0.05) is 58.7 Å². The van der Waals surface area contributed by atoms with Crippen LogP contribution < -0.4 is 5.32 Å². The third-order valence-electron chi connectivity index (χ3n) is 4.95. The number of nitro groups is 1. The van der Waals surface area contributed by atoms with Gasteiger partial charge in [0.05, 0.1) is 32.8 Å². The third-order valence-corrected chi connectivity index (χ3v) is 6.81. The zero-order valence-corrected chi connectivity index (χ0v) is 21.2. The zero-order valence-electron chi connectivity index (χ0n) is 18.1. The summed E-state index contributed by atoms with van der Waals surface area (Å²) in [7, 11) is 0. The monoisotopic (exact) mass is 565 g/mol. The molecule has 0 atom stereocenters. The molecule has 13 heteroatoms. The van der Waals surface area contributed by atoms with Crippen molar-refractivity contribution in [3.63, 3.8) is 0 Å². The smallest absolute Gasteiger partial charge is 0.270 e. The molecule has 0 radical (unpaired) electrons. The molecule has 4 rings (SSSR count). The van der Waals surface area contributed by atoms with Gasteiger partial charge in [0.25, 0.3) is 11.6 Å². The second kappa shape index (κ2) is 11.3. The van der Waals surface area contributed by atoms with Crippen LogP contribution in [0.5, 0.6) is 0 Å². The van der Waals surface area contributed by atoms with Gasteiger partial charge in [0, 0.05) is 22.9 Å². The van der Waals surface area contributed by atoms with Crippen LogP contribution in [0.3, 0.4) is 0 Å². The van der Waals surface area contributed by atoms with Gasteiger partial charge in [-0.05, 0) is 42.0 Å². The fraction of sp³-hybridized carbons (Fsp3) is 0.0870. The molecule has 1 amide bonds. The number of nitrogens with one attached hydrogen (secondary N) is 1. The van der Waals surface area contributed by atoms with E-state index in [4.69, 9.17) is 34.8 Å². The lowest BCUT2D eigenvalue weighted by molar-refractivity contribution is -0.384. The fourth-order valence-corrected chi connectivity index (χ4v) is 4.74. The van der Waals surface area contributed by atoms with Crippen LogP contribution in [0.25, 0.3) is 5.69 Å². The highest BCUT2D eigenvalue weighted by Gasteiger charge is 2.20. The van der Waals surface area contributed by atoms with E-state index in [1.54, 1.807) is 34.9 Å². The summed E-state index contributed by atoms with van der Waals surface area (Å²) in [5, 5.41) is 23.3. The predicted octanol–water partition coefficient (Wildman–Crippen LogP) is 6.50. The number of benzene rings is 3. The van der Waals surface area contributed by atoms with Crippen molar-refractivity contribution in [1.82, 2.24) is 20.1 Å². The highest BCUT2D eigenvalue weighted by molar-refractivity contribution is 7.98. The molecule has 3 aromatic carbocycles. The van der Waals surface area contributed by atoms with Crippen molar-refractivity contribution in [3.05, 3.63) is 109 Å². The molecule has 0 aliphatic rings. The molecule has 0 bridgehead atoms. The molecule has 8 nitrogen and oxygen atoms in total. The molecule has 0 unspecified atom stereocenters. The van der Waals surface area contributed by atoms with Gasteiger partial charge in [-0.15, -0.1) is 10.2 Å². The summed E-state index contributed by atoms with van der Waals surface area (Å²) in [5.41, 5.74) is 1.22. The Labute approximate surface area is 223 Å². The molecule has 0 saturated heterocycles. The lowest BCUT2D eigenvalue weighted by Gasteiger charge is -2.13. The van der Waals surface area contributed by atoms with E-state index in [0.29, 0.717) is 32.5 Å². The van der Waals surface area contributed by atoms with E-state index in [-0.39, 0.29) is 28.6 Å². The Kier molecular flexibility index (Phi) is 8.10. The van der Waals surface area contributed by atoms with Crippen molar-refractivity contribution < 1.29 is 14.1 Å². The number of hydrogen-bond acceptors (Lipinski definition) is 6. The summed E-state index contributed by atoms with van der Waals surface area (Å²) < 4.78 is 14.9. The average Bonchev–Trinajstić information content (AvgIpc) is 3.26. The van der Waals surface area contributed by atoms with Crippen molar-refractivity contribution >= 4 is 58.2 Å². The summed E-state index contributed by atoms with van der Waals surface area (Å²) in [6.45, 7) is -0.0564. The number of carbonyl (C=O) groups excluding carboxylic acids is 1. The number of halogens is 4. The van der Waals surface area contributed by atoms with Crippen molar-refractivity contribution in [2.45, 2.75) is 17.5 Å². The van der Waals surface area contributed by atoms with Gasteiger partial charge in [-0.3, -0.25) is 19.5 Å². The molecule has 0 aliphatic heterocycles. The summed E-state index contributed by atoms with van der Waals surface area (Å²) in [6.07, 6.45) is 0. The molecule has 1 aromatic heterocycles. The Morgan fingerprint density at radius 2 is 1.78 bits per heavy atom. The SMILES string of the molecule is O=C(NCc1nnc(SCc2ccc(F)cc2)n1-c1cc(Cl)ccc1Cl)c1ccc([N+](=O)[O-])cc1Cl. The van der Waals surface area contributed by atoms with Gasteiger partial charge in [0.15, 0.2) is 11.0 Å². The summed E-state index contributed by atoms with van der Waals surface area (Å²) >= 11 is 20.1. The van der Waals surface area contributed by atoms with Gasteiger partial charge in [-0.25, -0.2) is 4.39 Å². The van der Waals surface area contributed by atoms with Crippen LogP contribution in [0.4, 0.5) is 10.1 Å². The van der Waals surface area contributed by atoms with Gasteiger partial charge >= 0.3 is 0 Å². The number of non-ortho nitro benzene ring substituents is 1. The van der Waals surface area contributed by atoms with Crippen molar-refractivity contribution in [3.8, 4) is 5.69 Å². The Bertz CT molecular complexity index is 1450. The molecule has 0 fully saturated rings. The first-order valence-electron chi connectivity index (χ1n) is 10.2. The van der Waals surface area contributed by atoms with Crippen molar-refractivity contribution in [1.29, 1.82) is 0 Å². The van der Waals surface area contributed by atoms with E-state index in [2.05, 4.69) is 15.5 Å². The van der Waals surface area contributed by atoms with Crippen LogP contribution in [-0.4, -0.2) is 25.6 Å². The Hall–Kier alpha value is -3.18. The number of aromatic nitrogens is 3. The van der Waals surface area contributed by atoms with Gasteiger partial charge in [0.1, 0.15) is 5.82 Å². The highest BCUT2D eigenvalue weighted by Crippen LogP contribution is 2.31. The number of amides is 1. The summed E-state index contributed by atoms with van der Waals surface area (Å²) in [4.78, 5) is 23.0. The van der Waals surface area contributed by atoms with E-state index < -0.39 is 10.8 Å². The maximum atomic E-state index is 13.2. The molecule has 1 N–H and O–H groups in total. The first-order chi connectivity index (χ1) is 17.2. The van der Waals surface area contributed by atoms with E-state index >= 15 is 0 Å². The largest absolute Gasteiger partial charge is 0.345 e. The van der Waals surface area contributed by atoms with Crippen LogP contribution in [0.2, 0.25) is 15.1 Å². The molecular formula is C23H15Cl3FN5O3S. The van der Waals surface area contributed by atoms with Crippen LogP contribution >= 0.6 is 46.6 Å². The normalized spacial score (nSPS) is 10.9. The van der Waals surface area contributed by atoms with E-state index in [9.17, 15) is 19.3 Å². The van der Waals surface area contributed by atoms with Gasteiger partial charge < -0.3 is 5.32 Å². The van der Waals surface area contributed by atoms with E-state index in [1.165, 1.54) is 36.0 Å². The summed E-state index contributed by atoms with van der Waals surface area (Å²) in [5.74, 6) is -0.0560. The Morgan fingerprint density at radius 3 is 2.47 bits per heavy atom. The van der Waals surface area contributed by atoms with Crippen molar-refractivity contribution in [2.24, 2.45) is 0 Å². The topological polar surface area (TPSA) is 103 Å². The molecule has 4 aromatic rings. The number of nitrogens with zero attached hydrogens (tertiary/aromatic N) is 4. The Morgan fingerprint density at radius 1 is 1.03 bits per heavy atom. The maximum absolute atomic E-state index is 13.2. The predicted molar refractivity (Wildman–Crippen MR) is 137 cm³/mol. The van der Waals surface area contributed by atoms with Crippen LogP contribution in [-0.2, 0) is 12.3 Å². The fourth-order valence-electron chi connectivity index (χ4n) is 3.19. The highest BCUT2D eigenvalue weighted by atomic mass is 35.5. The standard InChI is InChI=1S/C23H15Cl3FN5O3S/c24-14-3-8-18(25)20(9-14)31-21(29-30-23(31)36-12-13-1-4-15(27)5-2-13)11-28-22(33)17-7-6-16(32(34)35)10-19(17)26/h1-10H,11-12H2,(H,28,33). The number of carbonyl (C=O) groups is 1. The zero-order chi connectivity index (χ0) is 25.8. The van der Waals surface area contributed by atoms with Crippen molar-refractivity contribution in [2.75, 3.05) is 0 Å². The number of nitro benzene ring substituents is 1. The molecule has 1 heterocycles. The van der Waals surface area contributed by atoms with Crippen LogP contribution in [0, 0.1) is 15.9 Å². The lowest BCUT2D eigenvalue weighted by Crippen LogP contribution is -2.25. The van der Waals surface area contributed by atoms with Gasteiger partial charge in [-0.2, -0.15) is 0 Å². The number of thioether (sulfide) groups is 1. The van der Waals surface area contributed by atoms with Crippen LogP contribution in [0.1, 0.15) is 21.7 Å².